The molecule has 142 valence electrons. The summed E-state index contributed by atoms with van der Waals surface area (Å²) in [6, 6.07) is 8.84. The van der Waals surface area contributed by atoms with E-state index in [0.29, 0.717) is 23.9 Å². The number of guanidine groups is 1. The number of nitriles is 2. The van der Waals surface area contributed by atoms with Crippen molar-refractivity contribution in [2.45, 2.75) is 19.9 Å². The Morgan fingerprint density at radius 2 is 1.96 bits per heavy atom. The fraction of sp³-hybridized carbons (Fsp3) is 0.263. The van der Waals surface area contributed by atoms with Gasteiger partial charge in [0.25, 0.3) is 0 Å². The molecular formula is C19H20N8O. The first kappa shape index (κ1) is 18.8. The SMILES string of the molecule is CC(C)COc1ccc(C2N=C(NC#N)Nc3nc(N)c(C#N)c(N)c32)cc1. The summed E-state index contributed by atoms with van der Waals surface area (Å²) in [6.07, 6.45) is 1.82. The maximum atomic E-state index is 9.36. The average molecular weight is 376 g/mol. The van der Waals surface area contributed by atoms with Crippen LogP contribution >= 0.6 is 0 Å². The summed E-state index contributed by atoms with van der Waals surface area (Å²) in [5.74, 6) is 1.75. The Morgan fingerprint density at radius 3 is 2.57 bits per heavy atom. The zero-order valence-electron chi connectivity index (χ0n) is 15.5. The number of aliphatic imine (C=N–C) groups is 1. The molecular weight excluding hydrogens is 356 g/mol. The van der Waals surface area contributed by atoms with Gasteiger partial charge in [-0.2, -0.15) is 10.5 Å². The molecule has 0 radical (unpaired) electrons. The molecule has 6 N–H and O–H groups in total. The van der Waals surface area contributed by atoms with Crippen LogP contribution in [0.3, 0.4) is 0 Å². The zero-order chi connectivity index (χ0) is 20.3. The molecule has 1 atom stereocenters. The number of hydrogen-bond acceptors (Lipinski definition) is 9. The first-order valence-electron chi connectivity index (χ1n) is 8.66. The summed E-state index contributed by atoms with van der Waals surface area (Å²) in [5, 5.41) is 23.7. The Kier molecular flexibility index (Phi) is 5.18. The fourth-order valence-electron chi connectivity index (χ4n) is 2.83. The number of benzene rings is 1. The standard InChI is InChI=1S/C19H20N8O/c1-10(2)8-28-12-5-3-11(4-6-12)16-14-15(22)13(7-20)17(23)26-18(14)27-19(25-16)24-9-21/h3-6,10,16H,8H2,1-2H3,(H6,22,23,24,25,26,27). The summed E-state index contributed by atoms with van der Waals surface area (Å²) in [5.41, 5.74) is 13.7. The van der Waals surface area contributed by atoms with Crippen LogP contribution in [0.2, 0.25) is 0 Å². The van der Waals surface area contributed by atoms with E-state index in [4.69, 9.17) is 21.5 Å². The molecule has 1 aliphatic heterocycles. The van der Waals surface area contributed by atoms with Gasteiger partial charge in [-0.15, -0.1) is 0 Å². The smallest absolute Gasteiger partial charge is 0.211 e. The Labute approximate surface area is 162 Å². The van der Waals surface area contributed by atoms with Gasteiger partial charge in [-0.1, -0.05) is 26.0 Å². The summed E-state index contributed by atoms with van der Waals surface area (Å²) in [4.78, 5) is 8.74. The molecule has 0 saturated heterocycles. The lowest BCUT2D eigenvalue weighted by Gasteiger charge is -2.26. The first-order chi connectivity index (χ1) is 13.4. The van der Waals surface area contributed by atoms with Crippen molar-refractivity contribution >= 4 is 23.3 Å². The van der Waals surface area contributed by atoms with E-state index in [1.807, 2.05) is 36.5 Å². The van der Waals surface area contributed by atoms with E-state index in [1.54, 1.807) is 0 Å². The van der Waals surface area contributed by atoms with Crippen LogP contribution in [0, 0.1) is 28.7 Å². The van der Waals surface area contributed by atoms with Crippen molar-refractivity contribution in [2.24, 2.45) is 10.9 Å². The largest absolute Gasteiger partial charge is 0.493 e. The molecule has 0 bridgehead atoms. The maximum Gasteiger partial charge on any atom is 0.211 e. The Bertz CT molecular complexity index is 999. The van der Waals surface area contributed by atoms with E-state index in [0.717, 1.165) is 11.3 Å². The lowest BCUT2D eigenvalue weighted by Crippen LogP contribution is -2.32. The highest BCUT2D eigenvalue weighted by molar-refractivity contribution is 5.98. The molecule has 0 amide bonds. The van der Waals surface area contributed by atoms with Crippen LogP contribution in [0.25, 0.3) is 0 Å². The van der Waals surface area contributed by atoms with Crippen LogP contribution in [0.15, 0.2) is 29.3 Å². The highest BCUT2D eigenvalue weighted by atomic mass is 16.5. The summed E-state index contributed by atoms with van der Waals surface area (Å²) in [6.45, 7) is 4.77. The molecule has 0 fully saturated rings. The number of aromatic nitrogens is 1. The van der Waals surface area contributed by atoms with Crippen LogP contribution in [-0.2, 0) is 0 Å². The van der Waals surface area contributed by atoms with Gasteiger partial charge in [-0.25, -0.2) is 9.98 Å². The van der Waals surface area contributed by atoms with Crippen LogP contribution < -0.4 is 26.8 Å². The van der Waals surface area contributed by atoms with Crippen molar-refractivity contribution in [3.63, 3.8) is 0 Å². The van der Waals surface area contributed by atoms with Gasteiger partial charge in [0.15, 0.2) is 6.19 Å². The highest BCUT2D eigenvalue weighted by Gasteiger charge is 2.29. The number of pyridine rings is 1. The molecule has 0 saturated carbocycles. The van der Waals surface area contributed by atoms with Crippen LogP contribution in [0.1, 0.15) is 36.6 Å². The molecule has 9 nitrogen and oxygen atoms in total. The van der Waals surface area contributed by atoms with Crippen LogP contribution in [0.4, 0.5) is 17.3 Å². The molecule has 28 heavy (non-hydrogen) atoms. The minimum atomic E-state index is -0.563. The quantitative estimate of drug-likeness (QED) is 0.466. The number of hydrogen-bond donors (Lipinski definition) is 4. The van der Waals surface area contributed by atoms with Gasteiger partial charge in [0.05, 0.1) is 12.3 Å². The van der Waals surface area contributed by atoms with Crippen molar-refractivity contribution in [2.75, 3.05) is 23.4 Å². The van der Waals surface area contributed by atoms with Gasteiger partial charge in [0.2, 0.25) is 5.96 Å². The summed E-state index contributed by atoms with van der Waals surface area (Å²) in [7, 11) is 0. The topological polar surface area (TPSA) is 158 Å². The predicted octanol–water partition coefficient (Wildman–Crippen LogP) is 2.09. The minimum absolute atomic E-state index is 0.0145. The second kappa shape index (κ2) is 7.72. The van der Waals surface area contributed by atoms with E-state index < -0.39 is 6.04 Å². The molecule has 1 unspecified atom stereocenters. The second-order valence-electron chi connectivity index (χ2n) is 6.68. The number of nitrogens with one attached hydrogen (secondary N) is 2. The van der Waals surface area contributed by atoms with Crippen LogP contribution in [0.5, 0.6) is 5.75 Å². The van der Waals surface area contributed by atoms with E-state index in [9.17, 15) is 5.26 Å². The Balaban J connectivity index is 2.05. The summed E-state index contributed by atoms with van der Waals surface area (Å²) >= 11 is 0. The van der Waals surface area contributed by atoms with Crippen molar-refractivity contribution in [1.82, 2.24) is 10.3 Å². The first-order valence-corrected chi connectivity index (χ1v) is 8.66. The van der Waals surface area contributed by atoms with E-state index >= 15 is 0 Å². The maximum absolute atomic E-state index is 9.36. The van der Waals surface area contributed by atoms with Gasteiger partial charge in [0, 0.05) is 5.56 Å². The summed E-state index contributed by atoms with van der Waals surface area (Å²) < 4.78 is 5.71. The zero-order valence-corrected chi connectivity index (χ0v) is 15.5. The molecule has 1 aliphatic rings. The minimum Gasteiger partial charge on any atom is -0.493 e. The van der Waals surface area contributed by atoms with Gasteiger partial charge in [0.1, 0.15) is 35.1 Å². The third-order valence-corrected chi connectivity index (χ3v) is 4.14. The number of ether oxygens (including phenoxy) is 1. The number of nitrogen functional groups attached to an aromatic ring is 2. The average Bonchev–Trinajstić information content (AvgIpc) is 2.66. The second-order valence-corrected chi connectivity index (χ2v) is 6.68. The Hall–Kier alpha value is -3.98. The van der Waals surface area contributed by atoms with Crippen molar-refractivity contribution in [1.29, 1.82) is 10.5 Å². The normalized spacial score (nSPS) is 14.9. The van der Waals surface area contributed by atoms with Gasteiger partial charge >= 0.3 is 0 Å². The monoisotopic (exact) mass is 376 g/mol. The molecule has 3 rings (SSSR count). The van der Waals surface area contributed by atoms with E-state index in [1.165, 1.54) is 0 Å². The molecule has 2 aromatic rings. The number of anilines is 3. The van der Waals surface area contributed by atoms with E-state index in [2.05, 4.69) is 34.5 Å². The number of nitrogens with zero attached hydrogens (tertiary/aromatic N) is 4. The Morgan fingerprint density at radius 1 is 1.25 bits per heavy atom. The van der Waals surface area contributed by atoms with Crippen molar-refractivity contribution in [3.8, 4) is 18.0 Å². The van der Waals surface area contributed by atoms with Gasteiger partial charge < -0.3 is 21.5 Å². The molecule has 1 aromatic carbocycles. The van der Waals surface area contributed by atoms with Crippen molar-refractivity contribution in [3.05, 3.63) is 41.0 Å². The number of nitrogens with two attached hydrogens (primary N) is 2. The lowest BCUT2D eigenvalue weighted by molar-refractivity contribution is 0.271. The highest BCUT2D eigenvalue weighted by Crippen LogP contribution is 2.40. The molecule has 0 spiro atoms. The predicted molar refractivity (Wildman–Crippen MR) is 106 cm³/mol. The van der Waals surface area contributed by atoms with Crippen molar-refractivity contribution < 1.29 is 4.74 Å². The molecule has 2 heterocycles. The molecule has 1 aromatic heterocycles. The molecule has 9 heteroatoms. The van der Waals surface area contributed by atoms with Crippen LogP contribution in [-0.4, -0.2) is 17.6 Å². The van der Waals surface area contributed by atoms with Gasteiger partial charge in [-0.05, 0) is 23.6 Å². The van der Waals surface area contributed by atoms with Gasteiger partial charge in [-0.3, -0.25) is 5.32 Å². The third-order valence-electron chi connectivity index (χ3n) is 4.14. The van der Waals surface area contributed by atoms with E-state index in [-0.39, 0.29) is 23.0 Å². The fourth-order valence-corrected chi connectivity index (χ4v) is 2.83. The lowest BCUT2D eigenvalue weighted by atomic mass is 9.95. The number of fused-ring (bicyclic) bond motifs is 1. The third kappa shape index (κ3) is 3.60. The molecule has 0 aliphatic carbocycles. The number of rotatable bonds is 4.